The lowest BCUT2D eigenvalue weighted by Gasteiger charge is -2.25. The van der Waals surface area contributed by atoms with E-state index < -0.39 is 0 Å². The van der Waals surface area contributed by atoms with Crippen LogP contribution >= 0.6 is 0 Å². The number of hydrogen-bond donors (Lipinski definition) is 0. The van der Waals surface area contributed by atoms with Gasteiger partial charge < -0.3 is 0 Å². The van der Waals surface area contributed by atoms with E-state index in [-0.39, 0.29) is 0 Å². The Bertz CT molecular complexity index is 1430. The van der Waals surface area contributed by atoms with Gasteiger partial charge in [-0.25, -0.2) is 0 Å². The lowest BCUT2D eigenvalue weighted by molar-refractivity contribution is 0.730. The Morgan fingerprint density at radius 3 is 1.97 bits per heavy atom. The van der Waals surface area contributed by atoms with Crippen LogP contribution in [0.1, 0.15) is 48.9 Å². The van der Waals surface area contributed by atoms with Crippen molar-refractivity contribution >= 4 is 11.6 Å². The van der Waals surface area contributed by atoms with E-state index in [0.29, 0.717) is 11.8 Å². The lowest BCUT2D eigenvalue weighted by Crippen LogP contribution is -2.08. The molecule has 2 aliphatic carbocycles. The highest BCUT2D eigenvalue weighted by atomic mass is 14.4. The summed E-state index contributed by atoms with van der Waals surface area (Å²) in [6.45, 7) is 7.05. The van der Waals surface area contributed by atoms with Crippen molar-refractivity contribution < 1.29 is 0 Å². The molecule has 0 heterocycles. The van der Waals surface area contributed by atoms with E-state index in [4.69, 9.17) is 0 Å². The zero-order chi connectivity index (χ0) is 23.2. The van der Waals surface area contributed by atoms with Gasteiger partial charge in [-0.2, -0.15) is 0 Å². The molecule has 0 amide bonds. The van der Waals surface area contributed by atoms with Gasteiger partial charge in [0.1, 0.15) is 0 Å². The minimum Gasteiger partial charge on any atom is -0.0641 e. The van der Waals surface area contributed by atoms with Gasteiger partial charge in [-0.3, -0.25) is 0 Å². The zero-order valence-corrected chi connectivity index (χ0v) is 20.2. The van der Waals surface area contributed by atoms with Crippen molar-refractivity contribution in [2.24, 2.45) is 5.92 Å². The van der Waals surface area contributed by atoms with Gasteiger partial charge in [-0.1, -0.05) is 128 Å². The van der Waals surface area contributed by atoms with Crippen molar-refractivity contribution in [2.75, 3.05) is 0 Å². The Hall–Kier alpha value is -3.64. The van der Waals surface area contributed by atoms with Crippen LogP contribution in [0.25, 0.3) is 33.9 Å². The van der Waals surface area contributed by atoms with Crippen molar-refractivity contribution in [1.29, 1.82) is 0 Å². The third-order valence-electron chi connectivity index (χ3n) is 7.56. The average Bonchev–Trinajstić information content (AvgIpc) is 3.41. The zero-order valence-electron chi connectivity index (χ0n) is 20.2. The van der Waals surface area contributed by atoms with Gasteiger partial charge in [0.2, 0.25) is 0 Å². The van der Waals surface area contributed by atoms with Crippen molar-refractivity contribution in [3.05, 3.63) is 130 Å². The van der Waals surface area contributed by atoms with Crippen LogP contribution in [0.4, 0.5) is 0 Å². The maximum Gasteiger partial charge on any atom is 0.0316 e. The van der Waals surface area contributed by atoms with Gasteiger partial charge in [0.15, 0.2) is 0 Å². The van der Waals surface area contributed by atoms with E-state index in [1.165, 1.54) is 61.2 Å². The van der Waals surface area contributed by atoms with Crippen molar-refractivity contribution in [3.63, 3.8) is 0 Å². The summed E-state index contributed by atoms with van der Waals surface area (Å²) in [5.41, 5.74) is 15.6. The number of fused-ring (bicyclic) bond motifs is 2. The first-order valence-electron chi connectivity index (χ1n) is 12.4. The van der Waals surface area contributed by atoms with Crippen LogP contribution in [-0.2, 0) is 6.42 Å². The lowest BCUT2D eigenvalue weighted by atomic mass is 9.78. The smallest absolute Gasteiger partial charge is 0.0316 e. The summed E-state index contributed by atoms with van der Waals surface area (Å²) < 4.78 is 0. The molecule has 1 atom stereocenters. The summed E-state index contributed by atoms with van der Waals surface area (Å²) in [6.07, 6.45) is 3.54. The minimum absolute atomic E-state index is 0.310. The summed E-state index contributed by atoms with van der Waals surface area (Å²) in [5, 5.41) is 0. The molecule has 4 aromatic rings. The van der Waals surface area contributed by atoms with E-state index in [1.54, 1.807) is 0 Å². The predicted molar refractivity (Wildman–Crippen MR) is 146 cm³/mol. The summed E-state index contributed by atoms with van der Waals surface area (Å²) in [6, 6.07) is 35.5. The number of benzene rings is 4. The van der Waals surface area contributed by atoms with Crippen LogP contribution in [0, 0.1) is 5.92 Å². The summed E-state index contributed by atoms with van der Waals surface area (Å²) in [5.74, 6) is 0.791. The molecule has 0 N–H and O–H groups in total. The van der Waals surface area contributed by atoms with Gasteiger partial charge in [0, 0.05) is 5.92 Å². The molecule has 0 radical (unpaired) electrons. The van der Waals surface area contributed by atoms with Crippen molar-refractivity contribution in [2.45, 2.75) is 33.1 Å². The molecule has 0 aromatic heterocycles. The highest BCUT2D eigenvalue weighted by Crippen LogP contribution is 2.54. The first-order valence-corrected chi connectivity index (χ1v) is 12.4. The molecule has 2 aliphatic rings. The normalized spacial score (nSPS) is 16.6. The molecule has 1 unspecified atom stereocenters. The second-order valence-corrected chi connectivity index (χ2v) is 9.98. The molecule has 0 heteroatoms. The van der Waals surface area contributed by atoms with Crippen LogP contribution in [-0.4, -0.2) is 0 Å². The quantitative estimate of drug-likeness (QED) is 0.298. The van der Waals surface area contributed by atoms with Crippen LogP contribution in [0.3, 0.4) is 0 Å². The Labute approximate surface area is 203 Å². The first kappa shape index (κ1) is 20.9. The van der Waals surface area contributed by atoms with E-state index in [9.17, 15) is 0 Å². The third-order valence-corrected chi connectivity index (χ3v) is 7.56. The second kappa shape index (κ2) is 8.29. The molecular weight excluding hydrogens is 408 g/mol. The molecule has 0 spiro atoms. The molecule has 0 aliphatic heterocycles. The highest BCUT2D eigenvalue weighted by Gasteiger charge is 2.36. The van der Waals surface area contributed by atoms with Crippen LogP contribution < -0.4 is 0 Å². The van der Waals surface area contributed by atoms with Gasteiger partial charge in [0.25, 0.3) is 0 Å². The van der Waals surface area contributed by atoms with E-state index in [0.717, 1.165) is 6.42 Å². The Kier molecular flexibility index (Phi) is 5.11. The maximum atomic E-state index is 2.50. The van der Waals surface area contributed by atoms with E-state index in [1.807, 2.05) is 0 Å². The van der Waals surface area contributed by atoms with Crippen LogP contribution in [0.5, 0.6) is 0 Å². The molecular formula is C34H30. The topological polar surface area (TPSA) is 0 Å². The molecule has 0 saturated carbocycles. The number of hydrogen-bond acceptors (Lipinski definition) is 0. The van der Waals surface area contributed by atoms with E-state index >= 15 is 0 Å². The number of allylic oxidation sites excluding steroid dienone is 3. The molecule has 0 bridgehead atoms. The first-order chi connectivity index (χ1) is 16.6. The third kappa shape index (κ3) is 3.29. The predicted octanol–water partition coefficient (Wildman–Crippen LogP) is 9.19. The monoisotopic (exact) mass is 438 g/mol. The second-order valence-electron chi connectivity index (χ2n) is 9.98. The van der Waals surface area contributed by atoms with Gasteiger partial charge in [-0.15, -0.1) is 0 Å². The minimum atomic E-state index is 0.310. The standard InChI is InChI=1S/C34H30/c1-22(2)30-21-31-27(24-12-6-4-7-13-24)17-11-19-29(31)34(30)32-23(3)20-26-16-10-18-28(33(26)32)25-14-8-5-9-15-25/h4-19,21-22,34H,20H2,1-3H3. The summed E-state index contributed by atoms with van der Waals surface area (Å²) in [7, 11) is 0. The Balaban J connectivity index is 1.57. The molecule has 0 saturated heterocycles. The fraction of sp³-hybridized carbons (Fsp3) is 0.176. The SMILES string of the molecule is CC1=C(C2C(C(C)C)=Cc3c(-c4ccccc4)cccc32)c2c(cccc2-c2ccccc2)C1. The molecule has 0 fully saturated rings. The van der Waals surface area contributed by atoms with Crippen molar-refractivity contribution in [3.8, 4) is 22.3 Å². The number of rotatable bonds is 4. The average molecular weight is 439 g/mol. The van der Waals surface area contributed by atoms with Gasteiger partial charge in [0.05, 0.1) is 0 Å². The highest BCUT2D eigenvalue weighted by molar-refractivity contribution is 5.95. The summed E-state index contributed by atoms with van der Waals surface area (Å²) in [4.78, 5) is 0. The molecule has 4 aromatic carbocycles. The molecule has 0 nitrogen and oxygen atoms in total. The Morgan fingerprint density at radius 2 is 1.29 bits per heavy atom. The fourth-order valence-electron chi connectivity index (χ4n) is 6.03. The Morgan fingerprint density at radius 1 is 0.676 bits per heavy atom. The van der Waals surface area contributed by atoms with E-state index in [2.05, 4.69) is 124 Å². The fourth-order valence-corrected chi connectivity index (χ4v) is 6.03. The van der Waals surface area contributed by atoms with Gasteiger partial charge in [-0.05, 0) is 69.3 Å². The molecule has 6 rings (SSSR count). The van der Waals surface area contributed by atoms with Crippen molar-refractivity contribution in [1.82, 2.24) is 0 Å². The molecule has 34 heavy (non-hydrogen) atoms. The summed E-state index contributed by atoms with van der Waals surface area (Å²) >= 11 is 0. The van der Waals surface area contributed by atoms with Gasteiger partial charge >= 0.3 is 0 Å². The molecule has 166 valence electrons. The van der Waals surface area contributed by atoms with Crippen LogP contribution in [0.15, 0.2) is 108 Å². The van der Waals surface area contributed by atoms with Crippen LogP contribution in [0.2, 0.25) is 0 Å². The maximum absolute atomic E-state index is 2.50. The largest absolute Gasteiger partial charge is 0.0641 e.